The van der Waals surface area contributed by atoms with E-state index in [4.69, 9.17) is 18.0 Å². The quantitative estimate of drug-likeness (QED) is 0.693. The Morgan fingerprint density at radius 1 is 1.50 bits per heavy atom. The van der Waals surface area contributed by atoms with E-state index in [1.165, 1.54) is 4.31 Å². The number of sulfonamides is 1. The second-order valence-electron chi connectivity index (χ2n) is 3.17. The van der Waals surface area contributed by atoms with Gasteiger partial charge in [0.2, 0.25) is 10.0 Å². The van der Waals surface area contributed by atoms with Crippen LogP contribution in [-0.4, -0.2) is 36.6 Å². The van der Waals surface area contributed by atoms with Crippen LogP contribution in [0.25, 0.3) is 0 Å². The van der Waals surface area contributed by atoms with Crippen molar-refractivity contribution in [2.75, 3.05) is 13.6 Å². The van der Waals surface area contributed by atoms with Crippen LogP contribution in [0.2, 0.25) is 0 Å². The molecule has 0 aliphatic heterocycles. The molecule has 0 aliphatic carbocycles. The van der Waals surface area contributed by atoms with Gasteiger partial charge in [0, 0.05) is 13.6 Å². The lowest BCUT2D eigenvalue weighted by Gasteiger charge is -2.22. The molecule has 0 aromatic heterocycles. The van der Waals surface area contributed by atoms with Crippen LogP contribution in [0.3, 0.4) is 0 Å². The minimum Gasteiger partial charge on any atom is -0.392 e. The van der Waals surface area contributed by atoms with Gasteiger partial charge in [-0.1, -0.05) is 26.1 Å². The van der Waals surface area contributed by atoms with Crippen molar-refractivity contribution in [1.29, 1.82) is 0 Å². The summed E-state index contributed by atoms with van der Waals surface area (Å²) in [5, 5.41) is -0.728. The Kier molecular flexibility index (Phi) is 5.54. The van der Waals surface area contributed by atoms with Gasteiger partial charge in [-0.05, 0) is 12.8 Å². The molecule has 84 valence electrons. The highest BCUT2D eigenvalue weighted by Crippen LogP contribution is 2.11. The molecule has 0 bridgehead atoms. The Morgan fingerprint density at radius 2 is 2.00 bits per heavy atom. The molecule has 0 saturated carbocycles. The van der Waals surface area contributed by atoms with Gasteiger partial charge in [0.1, 0.15) is 5.25 Å². The predicted octanol–water partition coefficient (Wildman–Crippen LogP) is 0.723. The third-order valence-corrected chi connectivity index (χ3v) is 4.81. The molecule has 0 aromatic rings. The highest BCUT2D eigenvalue weighted by molar-refractivity contribution is 7.92. The maximum atomic E-state index is 11.9. The second-order valence-corrected chi connectivity index (χ2v) is 5.86. The van der Waals surface area contributed by atoms with Crippen molar-refractivity contribution in [2.24, 2.45) is 5.73 Å². The molecule has 1 atom stereocenters. The number of rotatable bonds is 6. The van der Waals surface area contributed by atoms with Gasteiger partial charge >= 0.3 is 0 Å². The van der Waals surface area contributed by atoms with Crippen LogP contribution < -0.4 is 5.73 Å². The van der Waals surface area contributed by atoms with Crippen molar-refractivity contribution in [1.82, 2.24) is 4.31 Å². The third-order valence-electron chi connectivity index (χ3n) is 2.02. The summed E-state index contributed by atoms with van der Waals surface area (Å²) in [4.78, 5) is 0.0513. The molecule has 0 heterocycles. The standard InChI is InChI=1S/C8H18N2O2S2/c1-4-6-10(3)14(11,12)7(5-2)8(9)13/h7H,4-6H2,1-3H3,(H2,9,13). The summed E-state index contributed by atoms with van der Waals surface area (Å²) >= 11 is 4.74. The summed E-state index contributed by atoms with van der Waals surface area (Å²) in [6.45, 7) is 4.19. The average Bonchev–Trinajstić information content (AvgIpc) is 2.04. The highest BCUT2D eigenvalue weighted by atomic mass is 32.2. The lowest BCUT2D eigenvalue weighted by molar-refractivity contribution is 0.463. The van der Waals surface area contributed by atoms with E-state index in [0.29, 0.717) is 13.0 Å². The normalized spacial score (nSPS) is 14.3. The summed E-state index contributed by atoms with van der Waals surface area (Å²) in [7, 11) is -1.79. The first-order valence-corrected chi connectivity index (χ1v) is 6.53. The Labute approximate surface area is 91.5 Å². The molecule has 14 heavy (non-hydrogen) atoms. The SMILES string of the molecule is CCCN(C)S(=O)(=O)C(CC)C(N)=S. The van der Waals surface area contributed by atoms with Gasteiger partial charge in [0.05, 0.1) is 4.99 Å². The average molecular weight is 238 g/mol. The molecule has 0 radical (unpaired) electrons. The first kappa shape index (κ1) is 13.8. The molecular formula is C8H18N2O2S2. The van der Waals surface area contributed by atoms with Gasteiger partial charge in [-0.25, -0.2) is 12.7 Å². The number of nitrogens with two attached hydrogens (primary N) is 1. The maximum Gasteiger partial charge on any atom is 0.223 e. The van der Waals surface area contributed by atoms with Crippen LogP contribution in [0.4, 0.5) is 0 Å². The van der Waals surface area contributed by atoms with E-state index in [1.54, 1.807) is 14.0 Å². The molecule has 0 amide bonds. The lowest BCUT2D eigenvalue weighted by Crippen LogP contribution is -2.42. The van der Waals surface area contributed by atoms with E-state index >= 15 is 0 Å². The molecule has 0 saturated heterocycles. The zero-order chi connectivity index (χ0) is 11.4. The fourth-order valence-corrected chi connectivity index (χ4v) is 3.34. The van der Waals surface area contributed by atoms with E-state index in [2.05, 4.69) is 0 Å². The molecule has 0 aromatic carbocycles. The molecule has 2 N–H and O–H groups in total. The molecule has 1 unspecified atom stereocenters. The summed E-state index contributed by atoms with van der Waals surface area (Å²) in [6.07, 6.45) is 1.20. The van der Waals surface area contributed by atoms with Crippen molar-refractivity contribution in [3.63, 3.8) is 0 Å². The number of nitrogens with zero attached hydrogens (tertiary/aromatic N) is 1. The van der Waals surface area contributed by atoms with Crippen LogP contribution >= 0.6 is 12.2 Å². The molecule has 0 spiro atoms. The first-order chi connectivity index (χ1) is 6.37. The fraction of sp³-hybridized carbons (Fsp3) is 0.875. The van der Waals surface area contributed by atoms with E-state index in [-0.39, 0.29) is 4.99 Å². The number of hydrogen-bond donors (Lipinski definition) is 1. The van der Waals surface area contributed by atoms with Crippen molar-refractivity contribution in [3.05, 3.63) is 0 Å². The summed E-state index contributed by atoms with van der Waals surface area (Å²) in [6, 6.07) is 0. The summed E-state index contributed by atoms with van der Waals surface area (Å²) in [5.41, 5.74) is 5.39. The minimum atomic E-state index is -3.35. The van der Waals surface area contributed by atoms with Gasteiger partial charge in [-0.3, -0.25) is 0 Å². The van der Waals surface area contributed by atoms with Crippen LogP contribution in [0, 0.1) is 0 Å². The maximum absolute atomic E-state index is 11.9. The van der Waals surface area contributed by atoms with E-state index in [1.807, 2.05) is 6.92 Å². The van der Waals surface area contributed by atoms with Crippen LogP contribution in [0.1, 0.15) is 26.7 Å². The Hall–Kier alpha value is -0.200. The fourth-order valence-electron chi connectivity index (χ4n) is 1.22. The third kappa shape index (κ3) is 3.18. The van der Waals surface area contributed by atoms with Crippen LogP contribution in [-0.2, 0) is 10.0 Å². The van der Waals surface area contributed by atoms with Gasteiger partial charge in [-0.15, -0.1) is 0 Å². The van der Waals surface area contributed by atoms with Crippen molar-refractivity contribution < 1.29 is 8.42 Å². The summed E-state index contributed by atoms with van der Waals surface area (Å²) < 4.78 is 25.0. The van der Waals surface area contributed by atoms with Gasteiger partial charge in [0.15, 0.2) is 0 Å². The highest BCUT2D eigenvalue weighted by Gasteiger charge is 2.29. The molecule has 6 heteroatoms. The number of thiocarbonyl (C=S) groups is 1. The van der Waals surface area contributed by atoms with Crippen molar-refractivity contribution in [3.8, 4) is 0 Å². The van der Waals surface area contributed by atoms with Crippen LogP contribution in [0.15, 0.2) is 0 Å². The van der Waals surface area contributed by atoms with E-state index in [9.17, 15) is 8.42 Å². The van der Waals surface area contributed by atoms with Gasteiger partial charge in [0.25, 0.3) is 0 Å². The largest absolute Gasteiger partial charge is 0.392 e. The topological polar surface area (TPSA) is 63.4 Å². The molecular weight excluding hydrogens is 220 g/mol. The second kappa shape index (κ2) is 5.63. The predicted molar refractivity (Wildman–Crippen MR) is 62.7 cm³/mol. The minimum absolute atomic E-state index is 0.0513. The zero-order valence-electron chi connectivity index (χ0n) is 8.86. The van der Waals surface area contributed by atoms with Gasteiger partial charge in [-0.2, -0.15) is 0 Å². The monoisotopic (exact) mass is 238 g/mol. The van der Waals surface area contributed by atoms with Crippen molar-refractivity contribution in [2.45, 2.75) is 31.9 Å². The van der Waals surface area contributed by atoms with Crippen LogP contribution in [0.5, 0.6) is 0 Å². The molecule has 0 aliphatic rings. The van der Waals surface area contributed by atoms with E-state index < -0.39 is 15.3 Å². The van der Waals surface area contributed by atoms with E-state index in [0.717, 1.165) is 6.42 Å². The first-order valence-electron chi connectivity index (χ1n) is 4.62. The number of hydrogen-bond acceptors (Lipinski definition) is 3. The zero-order valence-corrected chi connectivity index (χ0v) is 10.5. The van der Waals surface area contributed by atoms with Crippen molar-refractivity contribution >= 4 is 27.2 Å². The Balaban J connectivity index is 4.83. The Bertz CT molecular complexity index is 288. The molecule has 4 nitrogen and oxygen atoms in total. The molecule has 0 fully saturated rings. The molecule has 0 rings (SSSR count). The smallest absolute Gasteiger partial charge is 0.223 e. The summed E-state index contributed by atoms with van der Waals surface area (Å²) in [5.74, 6) is 0. The Morgan fingerprint density at radius 3 is 2.29 bits per heavy atom. The van der Waals surface area contributed by atoms with Gasteiger partial charge < -0.3 is 5.73 Å². The lowest BCUT2D eigenvalue weighted by atomic mass is 10.3.